The molecule has 1 aromatic heterocycles. The average molecular weight is 259 g/mol. The Morgan fingerprint density at radius 3 is 2.72 bits per heavy atom. The first-order valence-electron chi connectivity index (χ1n) is 6.04. The summed E-state index contributed by atoms with van der Waals surface area (Å²) in [6.45, 7) is 4.93. The van der Waals surface area contributed by atoms with Gasteiger partial charge in [-0.2, -0.15) is 0 Å². The Kier molecular flexibility index (Phi) is 4.59. The minimum absolute atomic E-state index is 0.707. The summed E-state index contributed by atoms with van der Waals surface area (Å²) in [7, 11) is 0. The third kappa shape index (κ3) is 3.47. The van der Waals surface area contributed by atoms with Gasteiger partial charge in [-0.1, -0.05) is 30.3 Å². The van der Waals surface area contributed by atoms with Gasteiger partial charge >= 0.3 is 0 Å². The highest BCUT2D eigenvalue weighted by atomic mass is 32.2. The van der Waals surface area contributed by atoms with Gasteiger partial charge in [0.25, 0.3) is 0 Å². The predicted octanol–water partition coefficient (Wildman–Crippen LogP) is 3.51. The van der Waals surface area contributed by atoms with Gasteiger partial charge in [0.1, 0.15) is 5.03 Å². The average Bonchev–Trinajstić information content (AvgIpc) is 2.41. The van der Waals surface area contributed by atoms with Crippen molar-refractivity contribution >= 4 is 17.7 Å². The number of benzene rings is 1. The number of aromatic nitrogens is 2. The molecule has 3 nitrogen and oxygen atoms in total. The molecule has 0 spiro atoms. The lowest BCUT2D eigenvalue weighted by molar-refractivity contribution is 0.983. The van der Waals surface area contributed by atoms with E-state index < -0.39 is 0 Å². The fourth-order valence-electron chi connectivity index (χ4n) is 1.54. The Bertz CT molecular complexity index is 500. The third-order valence-corrected chi connectivity index (χ3v) is 3.64. The van der Waals surface area contributed by atoms with Crippen LogP contribution in [0.2, 0.25) is 0 Å². The maximum Gasteiger partial charge on any atom is 0.223 e. The summed E-state index contributed by atoms with van der Waals surface area (Å²) < 4.78 is 0. The molecule has 2 aromatic rings. The van der Waals surface area contributed by atoms with Gasteiger partial charge in [-0.05, 0) is 25.0 Å². The molecule has 0 saturated heterocycles. The van der Waals surface area contributed by atoms with Crippen LogP contribution in [0.3, 0.4) is 0 Å². The van der Waals surface area contributed by atoms with E-state index in [0.717, 1.165) is 22.9 Å². The van der Waals surface area contributed by atoms with Crippen LogP contribution in [0.4, 0.5) is 5.95 Å². The lowest BCUT2D eigenvalue weighted by Gasteiger charge is -2.07. The smallest absolute Gasteiger partial charge is 0.223 e. The van der Waals surface area contributed by atoms with E-state index in [0.29, 0.717) is 5.95 Å². The molecule has 0 aliphatic rings. The third-order valence-electron chi connectivity index (χ3n) is 2.48. The maximum absolute atomic E-state index is 4.52. The van der Waals surface area contributed by atoms with Crippen LogP contribution in [0, 0.1) is 6.92 Å². The van der Waals surface area contributed by atoms with E-state index in [1.54, 1.807) is 11.8 Å². The largest absolute Gasteiger partial charge is 0.354 e. The molecule has 0 saturated carbocycles. The number of nitrogens with zero attached hydrogens (tertiary/aromatic N) is 2. The highest BCUT2D eigenvalue weighted by Crippen LogP contribution is 2.24. The fraction of sp³-hybridized carbons (Fsp3) is 0.286. The lowest BCUT2D eigenvalue weighted by atomic mass is 10.2. The molecular formula is C14H17N3S. The Balaban J connectivity index is 2.06. The van der Waals surface area contributed by atoms with Crippen LogP contribution in [0.1, 0.15) is 18.1 Å². The lowest BCUT2D eigenvalue weighted by Crippen LogP contribution is -2.03. The molecule has 94 valence electrons. The molecule has 0 unspecified atom stereocenters. The number of thioether (sulfide) groups is 1. The van der Waals surface area contributed by atoms with Crippen LogP contribution in [0.25, 0.3) is 0 Å². The molecule has 1 heterocycles. The summed E-state index contributed by atoms with van der Waals surface area (Å²) in [5, 5.41) is 4.18. The van der Waals surface area contributed by atoms with E-state index in [9.17, 15) is 0 Å². The molecule has 1 aromatic carbocycles. The number of rotatable bonds is 5. The van der Waals surface area contributed by atoms with E-state index >= 15 is 0 Å². The first-order chi connectivity index (χ1) is 8.79. The zero-order chi connectivity index (χ0) is 12.8. The van der Waals surface area contributed by atoms with Crippen molar-refractivity contribution in [3.8, 4) is 0 Å². The number of hydrogen-bond acceptors (Lipinski definition) is 4. The number of aryl methyl sites for hydroxylation is 1. The van der Waals surface area contributed by atoms with Gasteiger partial charge in [0.2, 0.25) is 5.95 Å². The first kappa shape index (κ1) is 12.9. The Morgan fingerprint density at radius 2 is 2.00 bits per heavy atom. The minimum Gasteiger partial charge on any atom is -0.354 e. The second-order valence-electron chi connectivity index (χ2n) is 3.99. The summed E-state index contributed by atoms with van der Waals surface area (Å²) in [6, 6.07) is 10.4. The van der Waals surface area contributed by atoms with Gasteiger partial charge in [0.15, 0.2) is 0 Å². The molecule has 1 N–H and O–H groups in total. The molecule has 0 fully saturated rings. The maximum atomic E-state index is 4.52. The van der Waals surface area contributed by atoms with Crippen molar-refractivity contribution in [3.63, 3.8) is 0 Å². The van der Waals surface area contributed by atoms with Crippen LogP contribution in [0.5, 0.6) is 0 Å². The molecule has 0 aliphatic heterocycles. The van der Waals surface area contributed by atoms with Gasteiger partial charge in [-0.25, -0.2) is 9.97 Å². The molecule has 2 rings (SSSR count). The fourth-order valence-corrected chi connectivity index (χ4v) is 2.47. The van der Waals surface area contributed by atoms with Crippen LogP contribution in [-0.2, 0) is 5.75 Å². The summed E-state index contributed by atoms with van der Waals surface area (Å²) >= 11 is 1.75. The normalized spacial score (nSPS) is 10.3. The van der Waals surface area contributed by atoms with E-state index in [2.05, 4.69) is 39.6 Å². The minimum atomic E-state index is 0.707. The molecule has 4 heteroatoms. The molecule has 0 radical (unpaired) electrons. The predicted molar refractivity (Wildman–Crippen MR) is 76.9 cm³/mol. The van der Waals surface area contributed by atoms with Gasteiger partial charge in [0, 0.05) is 18.5 Å². The molecule has 0 aliphatic carbocycles. The first-order valence-corrected chi connectivity index (χ1v) is 7.02. The van der Waals surface area contributed by atoms with Crippen molar-refractivity contribution < 1.29 is 0 Å². The molecule has 18 heavy (non-hydrogen) atoms. The zero-order valence-electron chi connectivity index (χ0n) is 10.7. The summed E-state index contributed by atoms with van der Waals surface area (Å²) in [4.78, 5) is 8.77. The Hall–Kier alpha value is -1.55. The summed E-state index contributed by atoms with van der Waals surface area (Å²) in [5.74, 6) is 1.64. The Labute approximate surface area is 112 Å². The molecule has 0 atom stereocenters. The van der Waals surface area contributed by atoms with Crippen molar-refractivity contribution in [2.75, 3.05) is 11.9 Å². The number of hydrogen-bond donors (Lipinski definition) is 1. The zero-order valence-corrected chi connectivity index (χ0v) is 11.5. The van der Waals surface area contributed by atoms with E-state index in [4.69, 9.17) is 0 Å². The number of anilines is 1. The van der Waals surface area contributed by atoms with E-state index in [-0.39, 0.29) is 0 Å². The SMILES string of the molecule is CCNc1ncc(C)c(SCc2ccccc2)n1. The van der Waals surface area contributed by atoms with Crippen LogP contribution >= 0.6 is 11.8 Å². The van der Waals surface area contributed by atoms with Gasteiger partial charge < -0.3 is 5.32 Å². The van der Waals surface area contributed by atoms with Crippen LogP contribution < -0.4 is 5.32 Å². The van der Waals surface area contributed by atoms with Crippen molar-refractivity contribution in [1.82, 2.24) is 9.97 Å². The summed E-state index contributed by atoms with van der Waals surface area (Å²) in [6.07, 6.45) is 1.87. The summed E-state index contributed by atoms with van der Waals surface area (Å²) in [5.41, 5.74) is 2.43. The second-order valence-corrected chi connectivity index (χ2v) is 4.95. The topological polar surface area (TPSA) is 37.8 Å². The monoisotopic (exact) mass is 259 g/mol. The molecular weight excluding hydrogens is 242 g/mol. The van der Waals surface area contributed by atoms with Crippen LogP contribution in [0.15, 0.2) is 41.6 Å². The Morgan fingerprint density at radius 1 is 1.22 bits per heavy atom. The van der Waals surface area contributed by atoms with Crippen molar-refractivity contribution in [3.05, 3.63) is 47.7 Å². The quantitative estimate of drug-likeness (QED) is 0.658. The standard InChI is InChI=1S/C14H17N3S/c1-3-15-14-16-9-11(2)13(17-14)18-10-12-7-5-4-6-8-12/h4-9H,3,10H2,1-2H3,(H,15,16,17). The highest BCUT2D eigenvalue weighted by Gasteiger charge is 2.04. The molecule has 0 amide bonds. The van der Waals surface area contributed by atoms with Gasteiger partial charge in [-0.15, -0.1) is 11.8 Å². The second kappa shape index (κ2) is 6.40. The van der Waals surface area contributed by atoms with Gasteiger partial charge in [0.05, 0.1) is 0 Å². The van der Waals surface area contributed by atoms with Crippen molar-refractivity contribution in [2.24, 2.45) is 0 Å². The number of nitrogens with one attached hydrogen (secondary N) is 1. The van der Waals surface area contributed by atoms with E-state index in [1.165, 1.54) is 5.56 Å². The van der Waals surface area contributed by atoms with Crippen molar-refractivity contribution in [1.29, 1.82) is 0 Å². The van der Waals surface area contributed by atoms with Crippen molar-refractivity contribution in [2.45, 2.75) is 24.6 Å². The highest BCUT2D eigenvalue weighted by molar-refractivity contribution is 7.98. The van der Waals surface area contributed by atoms with Gasteiger partial charge in [-0.3, -0.25) is 0 Å². The molecule has 0 bridgehead atoms. The van der Waals surface area contributed by atoms with Crippen LogP contribution in [-0.4, -0.2) is 16.5 Å². The van der Waals surface area contributed by atoms with E-state index in [1.807, 2.05) is 26.1 Å².